The number of hydrogen-bond donors (Lipinski definition) is 2. The van der Waals surface area contributed by atoms with Gasteiger partial charge in [-0.3, -0.25) is 0 Å². The topological polar surface area (TPSA) is 59.1 Å². The van der Waals surface area contributed by atoms with Gasteiger partial charge >= 0.3 is 0 Å². The number of aromatic nitrogens is 2. The fraction of sp³-hybridized carbons (Fsp3) is 0.444. The third kappa shape index (κ3) is 5.43. The Morgan fingerprint density at radius 3 is 2.70 bits per heavy atom. The number of benzene rings is 1. The molecule has 1 aromatic carbocycles. The summed E-state index contributed by atoms with van der Waals surface area (Å²) in [6, 6.07) is 9.81. The van der Waals surface area contributed by atoms with Crippen LogP contribution in [0, 0.1) is 6.92 Å². The van der Waals surface area contributed by atoms with Gasteiger partial charge in [-0.1, -0.05) is 25.5 Å². The highest BCUT2D eigenvalue weighted by Gasteiger charge is 2.07. The summed E-state index contributed by atoms with van der Waals surface area (Å²) >= 11 is 0. The Bertz CT molecular complexity index is 628. The van der Waals surface area contributed by atoms with E-state index in [0.29, 0.717) is 5.95 Å². The second-order valence-electron chi connectivity index (χ2n) is 5.79. The Kier molecular flexibility index (Phi) is 6.20. The number of hydrogen-bond acceptors (Lipinski definition) is 5. The maximum atomic E-state index is 5.84. The van der Waals surface area contributed by atoms with Gasteiger partial charge in [0.15, 0.2) is 0 Å². The van der Waals surface area contributed by atoms with E-state index in [1.165, 1.54) is 0 Å². The van der Waals surface area contributed by atoms with E-state index in [-0.39, 0.29) is 6.10 Å². The van der Waals surface area contributed by atoms with Gasteiger partial charge in [-0.05, 0) is 39.3 Å². The molecule has 1 aromatic heterocycles. The van der Waals surface area contributed by atoms with E-state index in [2.05, 4.69) is 27.5 Å². The summed E-state index contributed by atoms with van der Waals surface area (Å²) in [6.07, 6.45) is 2.37. The molecule has 2 N–H and O–H groups in total. The van der Waals surface area contributed by atoms with Crippen molar-refractivity contribution >= 4 is 17.5 Å². The Hall–Kier alpha value is -2.30. The van der Waals surface area contributed by atoms with E-state index in [9.17, 15) is 0 Å². The molecule has 2 rings (SSSR count). The number of rotatable bonds is 8. The lowest BCUT2D eigenvalue weighted by Gasteiger charge is -2.15. The van der Waals surface area contributed by atoms with Crippen molar-refractivity contribution in [2.45, 2.75) is 46.6 Å². The van der Waals surface area contributed by atoms with E-state index in [0.717, 1.165) is 42.3 Å². The van der Waals surface area contributed by atoms with Crippen LogP contribution in [0.1, 0.15) is 39.3 Å². The van der Waals surface area contributed by atoms with Gasteiger partial charge in [-0.25, -0.2) is 4.98 Å². The third-order valence-electron chi connectivity index (χ3n) is 3.18. The van der Waals surface area contributed by atoms with Crippen LogP contribution >= 0.6 is 0 Å². The van der Waals surface area contributed by atoms with Crippen molar-refractivity contribution in [2.24, 2.45) is 0 Å². The summed E-state index contributed by atoms with van der Waals surface area (Å²) in [5, 5.41) is 6.60. The summed E-state index contributed by atoms with van der Waals surface area (Å²) in [5.74, 6) is 2.23. The molecule has 0 amide bonds. The molecule has 0 bridgehead atoms. The fourth-order valence-corrected chi connectivity index (χ4v) is 2.15. The summed E-state index contributed by atoms with van der Waals surface area (Å²) in [5.41, 5.74) is 1.82. The molecule has 0 fully saturated rings. The first-order valence-corrected chi connectivity index (χ1v) is 8.20. The van der Waals surface area contributed by atoms with Crippen LogP contribution in [0.4, 0.5) is 17.5 Å². The molecule has 124 valence electrons. The molecule has 1 heterocycles. The molecular weight excluding hydrogens is 288 g/mol. The number of nitrogens with zero attached hydrogens (tertiary/aromatic N) is 2. The Morgan fingerprint density at radius 1 is 1.17 bits per heavy atom. The predicted octanol–water partition coefficient (Wildman–Crippen LogP) is 4.53. The zero-order chi connectivity index (χ0) is 16.7. The molecule has 0 spiro atoms. The van der Waals surface area contributed by atoms with Crippen molar-refractivity contribution in [3.8, 4) is 5.75 Å². The van der Waals surface area contributed by atoms with E-state index in [1.54, 1.807) is 0 Å². The first-order valence-electron chi connectivity index (χ1n) is 8.20. The molecule has 23 heavy (non-hydrogen) atoms. The largest absolute Gasteiger partial charge is 0.489 e. The normalized spacial score (nSPS) is 10.7. The van der Waals surface area contributed by atoms with Crippen molar-refractivity contribution in [3.05, 3.63) is 36.0 Å². The molecule has 0 aliphatic rings. The highest BCUT2D eigenvalue weighted by molar-refractivity contribution is 5.64. The third-order valence-corrected chi connectivity index (χ3v) is 3.18. The molecule has 2 aromatic rings. The van der Waals surface area contributed by atoms with Crippen molar-refractivity contribution in [1.29, 1.82) is 0 Å². The van der Waals surface area contributed by atoms with Gasteiger partial charge < -0.3 is 15.4 Å². The number of aryl methyl sites for hydroxylation is 1. The van der Waals surface area contributed by atoms with E-state index >= 15 is 0 Å². The Labute approximate surface area is 138 Å². The van der Waals surface area contributed by atoms with Gasteiger partial charge in [0.05, 0.1) is 11.8 Å². The summed E-state index contributed by atoms with van der Waals surface area (Å²) in [4.78, 5) is 8.96. The molecule has 5 nitrogen and oxygen atoms in total. The minimum absolute atomic E-state index is 0.122. The summed E-state index contributed by atoms with van der Waals surface area (Å²) < 4.78 is 5.84. The van der Waals surface area contributed by atoms with Crippen molar-refractivity contribution in [2.75, 3.05) is 17.2 Å². The van der Waals surface area contributed by atoms with Gasteiger partial charge in [0.25, 0.3) is 0 Å². The molecule has 0 unspecified atom stereocenters. The van der Waals surface area contributed by atoms with E-state index in [4.69, 9.17) is 4.74 Å². The van der Waals surface area contributed by atoms with E-state index in [1.807, 2.05) is 51.1 Å². The monoisotopic (exact) mass is 314 g/mol. The van der Waals surface area contributed by atoms with Gasteiger partial charge in [-0.15, -0.1) is 0 Å². The SMILES string of the molecule is CCCCNc1nc(C)cc(Nc2ccccc2OC(C)C)n1. The molecule has 0 radical (unpaired) electrons. The van der Waals surface area contributed by atoms with Crippen LogP contribution in [0.2, 0.25) is 0 Å². The van der Waals surface area contributed by atoms with Gasteiger partial charge in [0, 0.05) is 18.3 Å². The average molecular weight is 314 g/mol. The lowest BCUT2D eigenvalue weighted by molar-refractivity contribution is 0.244. The van der Waals surface area contributed by atoms with Gasteiger partial charge in [-0.2, -0.15) is 4.98 Å². The molecule has 0 atom stereocenters. The molecule has 5 heteroatoms. The van der Waals surface area contributed by atoms with Crippen LogP contribution in [0.15, 0.2) is 30.3 Å². The molecule has 0 saturated carbocycles. The maximum Gasteiger partial charge on any atom is 0.224 e. The van der Waals surface area contributed by atoms with Gasteiger partial charge in [0.1, 0.15) is 11.6 Å². The average Bonchev–Trinajstić information content (AvgIpc) is 2.48. The predicted molar refractivity (Wildman–Crippen MR) is 95.7 cm³/mol. The minimum Gasteiger partial charge on any atom is -0.489 e. The zero-order valence-electron chi connectivity index (χ0n) is 14.4. The zero-order valence-corrected chi connectivity index (χ0v) is 14.4. The lowest BCUT2D eigenvalue weighted by Crippen LogP contribution is -2.09. The Balaban J connectivity index is 2.16. The van der Waals surface area contributed by atoms with Crippen molar-refractivity contribution < 1.29 is 4.74 Å². The lowest BCUT2D eigenvalue weighted by atomic mass is 10.3. The smallest absolute Gasteiger partial charge is 0.224 e. The van der Waals surface area contributed by atoms with Gasteiger partial charge in [0.2, 0.25) is 5.95 Å². The molecule has 0 saturated heterocycles. The first-order chi connectivity index (χ1) is 11.1. The summed E-state index contributed by atoms with van der Waals surface area (Å²) in [6.45, 7) is 9.04. The van der Waals surface area contributed by atoms with Crippen molar-refractivity contribution in [3.63, 3.8) is 0 Å². The van der Waals surface area contributed by atoms with Crippen LogP contribution in [0.3, 0.4) is 0 Å². The molecule has 0 aliphatic heterocycles. The minimum atomic E-state index is 0.122. The number of anilines is 3. The number of ether oxygens (including phenoxy) is 1. The van der Waals surface area contributed by atoms with Crippen LogP contribution in [-0.2, 0) is 0 Å². The van der Waals surface area contributed by atoms with Crippen LogP contribution in [0.5, 0.6) is 5.75 Å². The second-order valence-corrected chi connectivity index (χ2v) is 5.79. The second kappa shape index (κ2) is 8.36. The highest BCUT2D eigenvalue weighted by Crippen LogP contribution is 2.28. The number of unbranched alkanes of at least 4 members (excludes halogenated alkanes) is 1. The van der Waals surface area contributed by atoms with E-state index < -0.39 is 0 Å². The van der Waals surface area contributed by atoms with Crippen LogP contribution in [-0.4, -0.2) is 22.6 Å². The van der Waals surface area contributed by atoms with Crippen molar-refractivity contribution in [1.82, 2.24) is 9.97 Å². The maximum absolute atomic E-state index is 5.84. The fourth-order valence-electron chi connectivity index (χ4n) is 2.15. The summed E-state index contributed by atoms with van der Waals surface area (Å²) in [7, 11) is 0. The highest BCUT2D eigenvalue weighted by atomic mass is 16.5. The number of nitrogens with one attached hydrogen (secondary N) is 2. The Morgan fingerprint density at radius 2 is 1.96 bits per heavy atom. The molecule has 0 aliphatic carbocycles. The molecular formula is C18H26N4O. The quantitative estimate of drug-likeness (QED) is 0.701. The van der Waals surface area contributed by atoms with Crippen LogP contribution < -0.4 is 15.4 Å². The first kappa shape index (κ1) is 17.1. The standard InChI is InChI=1S/C18H26N4O/c1-5-6-11-19-18-20-14(4)12-17(22-18)21-15-9-7-8-10-16(15)23-13(2)3/h7-10,12-13H,5-6,11H2,1-4H3,(H2,19,20,21,22). The number of para-hydroxylation sites is 2. The van der Waals surface area contributed by atoms with Crippen LogP contribution in [0.25, 0.3) is 0 Å².